The van der Waals surface area contributed by atoms with Crippen molar-refractivity contribution in [2.75, 3.05) is 14.2 Å². The van der Waals surface area contributed by atoms with Crippen LogP contribution in [-0.4, -0.2) is 14.2 Å². The van der Waals surface area contributed by atoms with Crippen molar-refractivity contribution in [2.24, 2.45) is 0 Å². The fourth-order valence-corrected chi connectivity index (χ4v) is 2.46. The van der Waals surface area contributed by atoms with Crippen LogP contribution in [-0.2, 0) is 6.42 Å². The molecule has 1 unspecified atom stereocenters. The lowest BCUT2D eigenvalue weighted by atomic mass is 9.97. The van der Waals surface area contributed by atoms with Crippen molar-refractivity contribution in [3.8, 4) is 5.75 Å². The number of aryl methyl sites for hydroxylation is 1. The summed E-state index contributed by atoms with van der Waals surface area (Å²) in [6.07, 6.45) is 0.693. The monoisotopic (exact) mass is 307 g/mol. The maximum atomic E-state index is 13.8. The van der Waals surface area contributed by atoms with Gasteiger partial charge in [-0.1, -0.05) is 29.8 Å². The number of methoxy groups -OCH3 is 1. The van der Waals surface area contributed by atoms with Crippen molar-refractivity contribution in [1.29, 1.82) is 0 Å². The van der Waals surface area contributed by atoms with Gasteiger partial charge in [-0.3, -0.25) is 0 Å². The third kappa shape index (κ3) is 3.74. The number of hydrogen-bond donors (Lipinski definition) is 1. The number of benzene rings is 2. The Kier molecular flexibility index (Phi) is 5.21. The van der Waals surface area contributed by atoms with Gasteiger partial charge in [0.2, 0.25) is 0 Å². The third-order valence-corrected chi connectivity index (χ3v) is 4.01. The largest absolute Gasteiger partial charge is 0.494 e. The van der Waals surface area contributed by atoms with Crippen LogP contribution >= 0.6 is 11.6 Å². The molecule has 0 aliphatic rings. The van der Waals surface area contributed by atoms with Crippen LogP contribution in [0.3, 0.4) is 0 Å². The molecule has 2 rings (SSSR count). The van der Waals surface area contributed by atoms with Crippen molar-refractivity contribution >= 4 is 11.6 Å². The molecule has 1 atom stereocenters. The van der Waals surface area contributed by atoms with Crippen molar-refractivity contribution in [3.05, 3.63) is 63.9 Å². The smallest absolute Gasteiger partial charge is 0.165 e. The summed E-state index contributed by atoms with van der Waals surface area (Å²) in [4.78, 5) is 0. The fraction of sp³-hybridized carbons (Fsp3) is 0.294. The summed E-state index contributed by atoms with van der Waals surface area (Å²) in [7, 11) is 3.36. The first-order valence-electron chi connectivity index (χ1n) is 6.81. The molecule has 0 radical (unpaired) electrons. The van der Waals surface area contributed by atoms with Crippen LogP contribution in [0.15, 0.2) is 36.4 Å². The fourth-order valence-electron chi connectivity index (χ4n) is 2.34. The molecule has 2 aromatic rings. The Morgan fingerprint density at radius 3 is 2.57 bits per heavy atom. The molecule has 0 spiro atoms. The second-order valence-electron chi connectivity index (χ2n) is 5.02. The van der Waals surface area contributed by atoms with E-state index in [-0.39, 0.29) is 17.6 Å². The lowest BCUT2D eigenvalue weighted by molar-refractivity contribution is 0.386. The number of nitrogens with one attached hydrogen (secondary N) is 1. The third-order valence-electron chi connectivity index (χ3n) is 3.59. The van der Waals surface area contributed by atoms with E-state index in [1.54, 1.807) is 6.07 Å². The van der Waals surface area contributed by atoms with Gasteiger partial charge < -0.3 is 10.1 Å². The average Bonchev–Trinajstić information content (AvgIpc) is 2.48. The normalized spacial score (nSPS) is 12.2. The Labute approximate surface area is 129 Å². The highest BCUT2D eigenvalue weighted by Crippen LogP contribution is 2.25. The summed E-state index contributed by atoms with van der Waals surface area (Å²) in [5, 5.41) is 4.02. The molecule has 0 aromatic heterocycles. The highest BCUT2D eigenvalue weighted by atomic mass is 35.5. The van der Waals surface area contributed by atoms with E-state index in [2.05, 4.69) is 11.4 Å². The Hall–Kier alpha value is -1.58. The summed E-state index contributed by atoms with van der Waals surface area (Å²) in [5.74, 6) is -0.0702. The van der Waals surface area contributed by atoms with E-state index < -0.39 is 0 Å². The van der Waals surface area contributed by atoms with E-state index in [9.17, 15) is 4.39 Å². The Balaban J connectivity index is 2.22. The van der Waals surface area contributed by atoms with E-state index in [0.29, 0.717) is 6.42 Å². The van der Waals surface area contributed by atoms with Crippen molar-refractivity contribution < 1.29 is 9.13 Å². The number of likely N-dealkylation sites (N-methyl/N-ethyl adjacent to an activating group) is 1. The minimum atomic E-state index is -0.336. The number of rotatable bonds is 5. The van der Waals surface area contributed by atoms with Crippen LogP contribution in [0.2, 0.25) is 5.02 Å². The summed E-state index contributed by atoms with van der Waals surface area (Å²) in [6.45, 7) is 1.98. The van der Waals surface area contributed by atoms with Gasteiger partial charge in [-0.15, -0.1) is 0 Å². The molecular formula is C17H19ClFNO. The maximum Gasteiger partial charge on any atom is 0.165 e. The van der Waals surface area contributed by atoms with Gasteiger partial charge in [-0.2, -0.15) is 0 Å². The summed E-state index contributed by atoms with van der Waals surface area (Å²) in [5.41, 5.74) is 3.09. The molecule has 0 aliphatic heterocycles. The Bertz CT molecular complexity index is 630. The minimum absolute atomic E-state index is 0.105. The highest BCUT2D eigenvalue weighted by molar-refractivity contribution is 6.31. The first-order valence-corrected chi connectivity index (χ1v) is 7.18. The first-order chi connectivity index (χ1) is 10.0. The standard InChI is InChI=1S/C17H19ClFNO/c1-11-8-13(5-6-14(11)18)16(20-2)10-12-4-7-17(21-3)15(19)9-12/h4-9,16,20H,10H2,1-3H3. The highest BCUT2D eigenvalue weighted by Gasteiger charge is 2.13. The van der Waals surface area contributed by atoms with Gasteiger partial charge in [0.25, 0.3) is 0 Å². The quantitative estimate of drug-likeness (QED) is 0.889. The zero-order valence-electron chi connectivity index (χ0n) is 12.4. The van der Waals surface area contributed by atoms with Crippen LogP contribution in [0.25, 0.3) is 0 Å². The van der Waals surface area contributed by atoms with Gasteiger partial charge in [0, 0.05) is 11.1 Å². The molecule has 0 bridgehead atoms. The second-order valence-corrected chi connectivity index (χ2v) is 5.43. The topological polar surface area (TPSA) is 21.3 Å². The van der Waals surface area contributed by atoms with Crippen LogP contribution in [0.5, 0.6) is 5.75 Å². The van der Waals surface area contributed by atoms with Gasteiger partial charge in [-0.05, 0) is 55.3 Å². The predicted molar refractivity (Wildman–Crippen MR) is 84.6 cm³/mol. The van der Waals surface area contributed by atoms with Gasteiger partial charge in [0.1, 0.15) is 0 Å². The lowest BCUT2D eigenvalue weighted by Crippen LogP contribution is -2.19. The van der Waals surface area contributed by atoms with Crippen molar-refractivity contribution in [2.45, 2.75) is 19.4 Å². The van der Waals surface area contributed by atoms with Gasteiger partial charge in [0.15, 0.2) is 11.6 Å². The number of ether oxygens (including phenoxy) is 1. The predicted octanol–water partition coefficient (Wildman–Crippen LogP) is 4.30. The molecule has 2 nitrogen and oxygen atoms in total. The van der Waals surface area contributed by atoms with Gasteiger partial charge >= 0.3 is 0 Å². The molecule has 0 fully saturated rings. The van der Waals surface area contributed by atoms with Crippen molar-refractivity contribution in [1.82, 2.24) is 5.32 Å². The zero-order chi connectivity index (χ0) is 15.4. The SMILES string of the molecule is CNC(Cc1ccc(OC)c(F)c1)c1ccc(Cl)c(C)c1. The Morgan fingerprint density at radius 1 is 1.24 bits per heavy atom. The molecule has 0 amide bonds. The molecule has 0 saturated carbocycles. The molecule has 21 heavy (non-hydrogen) atoms. The summed E-state index contributed by atoms with van der Waals surface area (Å²) < 4.78 is 18.7. The van der Waals surface area contributed by atoms with Crippen molar-refractivity contribution in [3.63, 3.8) is 0 Å². The van der Waals surface area contributed by atoms with E-state index in [4.69, 9.17) is 16.3 Å². The number of hydrogen-bond acceptors (Lipinski definition) is 2. The molecule has 4 heteroatoms. The molecular weight excluding hydrogens is 289 g/mol. The Morgan fingerprint density at radius 2 is 2.00 bits per heavy atom. The lowest BCUT2D eigenvalue weighted by Gasteiger charge is -2.18. The molecule has 0 aliphatic carbocycles. The van der Waals surface area contributed by atoms with Crippen LogP contribution < -0.4 is 10.1 Å². The molecule has 2 aromatic carbocycles. The van der Waals surface area contributed by atoms with Gasteiger partial charge in [-0.25, -0.2) is 4.39 Å². The van der Waals surface area contributed by atoms with Crippen LogP contribution in [0.4, 0.5) is 4.39 Å². The molecule has 1 N–H and O–H groups in total. The first kappa shape index (κ1) is 15.8. The zero-order valence-corrected chi connectivity index (χ0v) is 13.2. The van der Waals surface area contributed by atoms with E-state index in [1.165, 1.54) is 13.2 Å². The van der Waals surface area contributed by atoms with E-state index >= 15 is 0 Å². The molecule has 0 saturated heterocycles. The molecule has 0 heterocycles. The van der Waals surface area contributed by atoms with Crippen LogP contribution in [0.1, 0.15) is 22.7 Å². The summed E-state index contributed by atoms with van der Waals surface area (Å²) >= 11 is 6.06. The minimum Gasteiger partial charge on any atom is -0.494 e. The van der Waals surface area contributed by atoms with Crippen LogP contribution in [0, 0.1) is 12.7 Å². The second kappa shape index (κ2) is 6.92. The summed E-state index contributed by atoms with van der Waals surface area (Å²) in [6, 6.07) is 11.1. The van der Waals surface area contributed by atoms with Gasteiger partial charge in [0.05, 0.1) is 7.11 Å². The molecule has 112 valence electrons. The maximum absolute atomic E-state index is 13.8. The average molecular weight is 308 g/mol. The van der Waals surface area contributed by atoms with E-state index in [0.717, 1.165) is 21.7 Å². The number of halogens is 2. The van der Waals surface area contributed by atoms with E-state index in [1.807, 2.05) is 32.2 Å².